The van der Waals surface area contributed by atoms with Crippen molar-refractivity contribution in [3.8, 4) is 17.2 Å². The average molecular weight is 465 g/mol. The first-order chi connectivity index (χ1) is 16.0. The number of carbonyl (C=O) groups excluding carboxylic acids is 3. The van der Waals surface area contributed by atoms with Crippen molar-refractivity contribution in [2.24, 2.45) is 28.8 Å². The molecule has 8 nitrogen and oxygen atoms in total. The number of nitrogens with zero attached hydrogens (tertiary/aromatic N) is 2. The molecule has 9 heteroatoms. The minimum atomic E-state index is -0.615. The summed E-state index contributed by atoms with van der Waals surface area (Å²) in [5.41, 5.74) is 0.633. The Bertz CT molecular complexity index is 1240. The highest BCUT2D eigenvalue weighted by atomic mass is 35.5. The lowest BCUT2D eigenvalue weighted by Gasteiger charge is -2.13. The lowest BCUT2D eigenvalue weighted by atomic mass is 9.85. The number of amides is 2. The molecule has 2 aliphatic heterocycles. The predicted octanol–water partition coefficient (Wildman–Crippen LogP) is 3.43. The van der Waals surface area contributed by atoms with E-state index in [0.717, 1.165) is 11.4 Å². The maximum atomic E-state index is 12.8. The first-order valence-corrected chi connectivity index (χ1v) is 10.9. The number of hydrazone groups is 1. The van der Waals surface area contributed by atoms with E-state index in [4.69, 9.17) is 25.8 Å². The maximum absolute atomic E-state index is 12.8. The Morgan fingerprint density at radius 3 is 2.52 bits per heavy atom. The van der Waals surface area contributed by atoms with Crippen LogP contribution in [0.1, 0.15) is 22.3 Å². The van der Waals surface area contributed by atoms with E-state index in [9.17, 15) is 14.4 Å². The highest BCUT2D eigenvalue weighted by molar-refractivity contribution is 6.31. The molecule has 2 aliphatic carbocycles. The summed E-state index contributed by atoms with van der Waals surface area (Å²) in [4.78, 5) is 38.4. The van der Waals surface area contributed by atoms with Crippen LogP contribution >= 0.6 is 11.6 Å². The lowest BCUT2D eigenvalue weighted by molar-refractivity contribution is -0.140. The quantitative estimate of drug-likeness (QED) is 0.226. The molecule has 0 spiro atoms. The van der Waals surface area contributed by atoms with Crippen LogP contribution in [0.3, 0.4) is 0 Å². The number of halogens is 1. The van der Waals surface area contributed by atoms with Crippen LogP contribution in [0.15, 0.2) is 53.7 Å². The highest BCUT2D eigenvalue weighted by Crippen LogP contribution is 2.52. The number of allylic oxidation sites excluding steroid dienone is 2. The fraction of sp³-hybridized carbons (Fsp3) is 0.250. The van der Waals surface area contributed by atoms with Crippen molar-refractivity contribution in [3.63, 3.8) is 0 Å². The predicted molar refractivity (Wildman–Crippen MR) is 116 cm³/mol. The molecule has 4 atom stereocenters. The van der Waals surface area contributed by atoms with Gasteiger partial charge in [0.05, 0.1) is 23.6 Å². The molecule has 33 heavy (non-hydrogen) atoms. The van der Waals surface area contributed by atoms with Gasteiger partial charge in [0.15, 0.2) is 11.5 Å². The molecule has 1 saturated carbocycles. The van der Waals surface area contributed by atoms with E-state index in [0.29, 0.717) is 22.1 Å². The molecular weight excluding hydrogens is 448 g/mol. The topological polar surface area (TPSA) is 94.5 Å². The normalized spacial score (nSPS) is 26.5. The van der Waals surface area contributed by atoms with Gasteiger partial charge in [0, 0.05) is 10.6 Å². The molecule has 2 amide bonds. The van der Waals surface area contributed by atoms with Crippen molar-refractivity contribution >= 4 is 35.6 Å². The minimum absolute atomic E-state index is 0.0961. The Morgan fingerprint density at radius 2 is 1.76 bits per heavy atom. The summed E-state index contributed by atoms with van der Waals surface area (Å²) in [5, 5.41) is 5.48. The number of carbonyl (C=O) groups is 3. The van der Waals surface area contributed by atoms with Crippen molar-refractivity contribution < 1.29 is 28.6 Å². The summed E-state index contributed by atoms with van der Waals surface area (Å²) in [6.07, 6.45) is 6.21. The van der Waals surface area contributed by atoms with Gasteiger partial charge in [0.1, 0.15) is 5.75 Å². The zero-order valence-electron chi connectivity index (χ0n) is 17.1. The number of rotatable bonds is 4. The Kier molecular flexibility index (Phi) is 4.51. The number of esters is 1. The third-order valence-electron chi connectivity index (χ3n) is 6.54. The van der Waals surface area contributed by atoms with E-state index >= 15 is 0 Å². The molecule has 2 bridgehead atoms. The molecule has 6 rings (SSSR count). The molecule has 2 aromatic carbocycles. The van der Waals surface area contributed by atoms with E-state index in [-0.39, 0.29) is 53.6 Å². The van der Waals surface area contributed by atoms with Crippen molar-refractivity contribution in [3.05, 3.63) is 64.7 Å². The number of benzene rings is 2. The van der Waals surface area contributed by atoms with E-state index in [1.54, 1.807) is 24.3 Å². The van der Waals surface area contributed by atoms with Crippen LogP contribution in [-0.4, -0.2) is 35.8 Å². The van der Waals surface area contributed by atoms with Gasteiger partial charge >= 0.3 is 5.97 Å². The largest absolute Gasteiger partial charge is 0.454 e. The Labute approximate surface area is 193 Å². The van der Waals surface area contributed by atoms with Crippen LogP contribution in [0.5, 0.6) is 17.2 Å². The van der Waals surface area contributed by atoms with Crippen LogP contribution < -0.4 is 14.2 Å². The van der Waals surface area contributed by atoms with Crippen LogP contribution in [0, 0.1) is 23.7 Å². The molecule has 4 aliphatic rings. The molecule has 2 heterocycles. The van der Waals surface area contributed by atoms with Gasteiger partial charge in [-0.2, -0.15) is 10.1 Å². The Hall–Kier alpha value is -3.65. The first-order valence-electron chi connectivity index (χ1n) is 10.5. The van der Waals surface area contributed by atoms with Gasteiger partial charge in [-0.05, 0) is 54.7 Å². The highest BCUT2D eigenvalue weighted by Gasteiger charge is 2.59. The summed E-state index contributed by atoms with van der Waals surface area (Å²) < 4.78 is 16.1. The van der Waals surface area contributed by atoms with Crippen LogP contribution in [0.25, 0.3) is 0 Å². The SMILES string of the molecule is O=C(Oc1ccc(Cl)cc1C=NN1C(=O)C2C3C=CC(C3)C2C1=O)c1ccc2c(c1)OCO2. The monoisotopic (exact) mass is 464 g/mol. The number of imide groups is 1. The van der Waals surface area contributed by atoms with Gasteiger partial charge in [-0.3, -0.25) is 9.59 Å². The zero-order valence-corrected chi connectivity index (χ0v) is 17.9. The minimum Gasteiger partial charge on any atom is -0.454 e. The summed E-state index contributed by atoms with van der Waals surface area (Å²) in [6.45, 7) is 0.0961. The molecule has 0 N–H and O–H groups in total. The second-order valence-electron chi connectivity index (χ2n) is 8.37. The van der Waals surface area contributed by atoms with Crippen molar-refractivity contribution in [1.29, 1.82) is 0 Å². The molecule has 166 valence electrons. The summed E-state index contributed by atoms with van der Waals surface area (Å²) in [5.74, 6) is -0.482. The third-order valence-corrected chi connectivity index (χ3v) is 6.78. The summed E-state index contributed by atoms with van der Waals surface area (Å²) >= 11 is 6.12. The third kappa shape index (κ3) is 3.21. The summed E-state index contributed by atoms with van der Waals surface area (Å²) in [7, 11) is 0. The van der Waals surface area contributed by atoms with Gasteiger partial charge in [-0.1, -0.05) is 23.8 Å². The van der Waals surface area contributed by atoms with Crippen LogP contribution in [0.2, 0.25) is 5.02 Å². The smallest absolute Gasteiger partial charge is 0.343 e. The van der Waals surface area contributed by atoms with Crippen molar-refractivity contribution in [2.45, 2.75) is 6.42 Å². The Morgan fingerprint density at radius 1 is 1.03 bits per heavy atom. The molecular formula is C24H17ClN2O6. The average Bonchev–Trinajstić information content (AvgIpc) is 3.58. The standard InChI is InChI=1S/C24H17ClN2O6/c25-16-4-6-17(33-24(30)14-3-5-18-19(9-14)32-11-31-18)15(8-16)10-26-27-22(28)20-12-1-2-13(7-12)21(20)23(27)29/h1-6,8-10,12-13,20-21H,7,11H2. The molecule has 4 unspecified atom stereocenters. The molecule has 0 aromatic heterocycles. The lowest BCUT2D eigenvalue weighted by Crippen LogP contribution is -2.28. The van der Waals surface area contributed by atoms with Gasteiger partial charge in [-0.15, -0.1) is 0 Å². The second kappa shape index (κ2) is 7.45. The molecule has 0 radical (unpaired) electrons. The maximum Gasteiger partial charge on any atom is 0.343 e. The zero-order chi connectivity index (χ0) is 22.7. The van der Waals surface area contributed by atoms with Gasteiger partial charge in [0.2, 0.25) is 6.79 Å². The van der Waals surface area contributed by atoms with Gasteiger partial charge < -0.3 is 14.2 Å². The van der Waals surface area contributed by atoms with E-state index in [2.05, 4.69) is 5.10 Å². The Balaban J connectivity index is 1.24. The summed E-state index contributed by atoms with van der Waals surface area (Å²) in [6, 6.07) is 9.39. The fourth-order valence-electron chi connectivity index (χ4n) is 5.02. The number of fused-ring (bicyclic) bond motifs is 6. The van der Waals surface area contributed by atoms with E-state index in [1.807, 2.05) is 12.2 Å². The number of ether oxygens (including phenoxy) is 3. The van der Waals surface area contributed by atoms with E-state index in [1.165, 1.54) is 18.3 Å². The van der Waals surface area contributed by atoms with Crippen molar-refractivity contribution in [2.75, 3.05) is 6.79 Å². The van der Waals surface area contributed by atoms with Crippen molar-refractivity contribution in [1.82, 2.24) is 5.01 Å². The van der Waals surface area contributed by atoms with Crippen LogP contribution in [0.4, 0.5) is 0 Å². The fourth-order valence-corrected chi connectivity index (χ4v) is 5.20. The van der Waals surface area contributed by atoms with Gasteiger partial charge in [-0.25, -0.2) is 4.79 Å². The molecule has 1 saturated heterocycles. The first kappa shape index (κ1) is 20.0. The number of hydrogen-bond donors (Lipinski definition) is 0. The number of hydrogen-bond acceptors (Lipinski definition) is 7. The van der Waals surface area contributed by atoms with E-state index < -0.39 is 5.97 Å². The van der Waals surface area contributed by atoms with Crippen LogP contribution in [-0.2, 0) is 9.59 Å². The second-order valence-corrected chi connectivity index (χ2v) is 8.81. The molecule has 2 aromatic rings. The van der Waals surface area contributed by atoms with Gasteiger partial charge in [0.25, 0.3) is 11.8 Å². The molecule has 2 fully saturated rings.